The van der Waals surface area contributed by atoms with Gasteiger partial charge in [0.25, 0.3) is 17.5 Å². The second kappa shape index (κ2) is 7.55. The van der Waals surface area contributed by atoms with Gasteiger partial charge in [-0.05, 0) is 29.4 Å². The number of tetrazole rings is 1. The molecule has 2 rings (SSSR count). The second-order valence-corrected chi connectivity index (χ2v) is 5.65. The van der Waals surface area contributed by atoms with E-state index in [1.807, 2.05) is 13.8 Å². The number of amides is 1. The first-order valence-electron chi connectivity index (χ1n) is 7.00. The Balaban J connectivity index is 2.01. The molecule has 0 aliphatic carbocycles. The zero-order chi connectivity index (χ0) is 17.7. The Morgan fingerprint density at radius 2 is 2.12 bits per heavy atom. The largest absolute Gasteiger partial charge is 0.298 e. The molecule has 0 unspecified atom stereocenters. The molecular formula is C13H15N7O3S. The first kappa shape index (κ1) is 17.4. The molecule has 0 radical (unpaired) electrons. The van der Waals surface area contributed by atoms with Crippen LogP contribution in [0.5, 0.6) is 0 Å². The number of benzene rings is 1. The highest BCUT2D eigenvalue weighted by Gasteiger charge is 2.20. The summed E-state index contributed by atoms with van der Waals surface area (Å²) in [7, 11) is 0. The van der Waals surface area contributed by atoms with Gasteiger partial charge in [-0.3, -0.25) is 25.5 Å². The van der Waals surface area contributed by atoms with Gasteiger partial charge in [-0.25, -0.2) is 0 Å². The third-order valence-electron chi connectivity index (χ3n) is 2.78. The van der Waals surface area contributed by atoms with Gasteiger partial charge in [-0.1, -0.05) is 31.1 Å². The lowest BCUT2D eigenvalue weighted by molar-refractivity contribution is -0.385. The number of thiocarbonyl (C=S) groups is 1. The average molecular weight is 349 g/mol. The van der Waals surface area contributed by atoms with Gasteiger partial charge < -0.3 is 0 Å². The van der Waals surface area contributed by atoms with Gasteiger partial charge in [0.1, 0.15) is 5.56 Å². The monoisotopic (exact) mass is 349 g/mol. The van der Waals surface area contributed by atoms with Gasteiger partial charge in [0.05, 0.1) is 11.5 Å². The number of anilines is 1. The topological polar surface area (TPSA) is 128 Å². The van der Waals surface area contributed by atoms with Crippen LogP contribution >= 0.6 is 12.2 Å². The number of carbonyl (C=O) groups excluding carboxylic acids is 1. The van der Waals surface area contributed by atoms with E-state index >= 15 is 0 Å². The summed E-state index contributed by atoms with van der Waals surface area (Å²) in [6, 6.07) is 5.58. The third kappa shape index (κ3) is 4.52. The summed E-state index contributed by atoms with van der Waals surface area (Å²) >= 11 is 4.99. The molecular weight excluding hydrogens is 334 g/mol. The molecule has 0 fully saturated rings. The smallest absolute Gasteiger partial charge is 0.282 e. The average Bonchev–Trinajstić information content (AvgIpc) is 2.93. The van der Waals surface area contributed by atoms with Crippen molar-refractivity contribution in [3.63, 3.8) is 0 Å². The molecule has 1 aromatic heterocycles. The van der Waals surface area contributed by atoms with E-state index in [2.05, 4.69) is 26.0 Å². The first-order valence-corrected chi connectivity index (χ1v) is 7.41. The predicted molar refractivity (Wildman–Crippen MR) is 89.4 cm³/mol. The van der Waals surface area contributed by atoms with E-state index in [1.54, 1.807) is 0 Å². The van der Waals surface area contributed by atoms with Crippen molar-refractivity contribution in [3.05, 3.63) is 39.9 Å². The molecule has 2 N–H and O–H groups in total. The van der Waals surface area contributed by atoms with Crippen LogP contribution in [-0.4, -0.2) is 36.2 Å². The summed E-state index contributed by atoms with van der Waals surface area (Å²) in [6.45, 7) is 4.60. The number of aromatic nitrogens is 4. The Morgan fingerprint density at radius 3 is 2.79 bits per heavy atom. The van der Waals surface area contributed by atoms with Gasteiger partial charge in [-0.2, -0.15) is 4.80 Å². The van der Waals surface area contributed by atoms with E-state index in [9.17, 15) is 14.9 Å². The number of nitro benzene ring substituents is 1. The van der Waals surface area contributed by atoms with Crippen LogP contribution in [-0.2, 0) is 6.54 Å². The van der Waals surface area contributed by atoms with Crippen molar-refractivity contribution in [2.24, 2.45) is 5.92 Å². The second-order valence-electron chi connectivity index (χ2n) is 5.24. The van der Waals surface area contributed by atoms with E-state index in [-0.39, 0.29) is 22.3 Å². The van der Waals surface area contributed by atoms with E-state index in [0.29, 0.717) is 12.5 Å². The van der Waals surface area contributed by atoms with Gasteiger partial charge in [0.2, 0.25) is 0 Å². The van der Waals surface area contributed by atoms with Gasteiger partial charge in [-0.15, -0.1) is 5.10 Å². The van der Waals surface area contributed by atoms with Crippen LogP contribution in [0.3, 0.4) is 0 Å². The molecule has 0 saturated carbocycles. The van der Waals surface area contributed by atoms with Crippen LogP contribution in [0, 0.1) is 16.0 Å². The van der Waals surface area contributed by atoms with Gasteiger partial charge in [0.15, 0.2) is 5.11 Å². The fraction of sp³-hybridized carbons (Fsp3) is 0.308. The summed E-state index contributed by atoms with van der Waals surface area (Å²) in [4.78, 5) is 23.8. The summed E-state index contributed by atoms with van der Waals surface area (Å²) in [6.07, 6.45) is 0. The van der Waals surface area contributed by atoms with Crippen LogP contribution in [0.4, 0.5) is 11.6 Å². The fourth-order valence-electron chi connectivity index (χ4n) is 1.83. The Morgan fingerprint density at radius 1 is 1.42 bits per heavy atom. The van der Waals surface area contributed by atoms with Crippen LogP contribution in [0.25, 0.3) is 0 Å². The van der Waals surface area contributed by atoms with Crippen molar-refractivity contribution >= 4 is 34.9 Å². The maximum absolute atomic E-state index is 12.1. The first-order chi connectivity index (χ1) is 11.4. The van der Waals surface area contributed by atoms with Crippen LogP contribution < -0.4 is 10.6 Å². The predicted octanol–water partition coefficient (Wildman–Crippen LogP) is 1.36. The molecule has 11 heteroatoms. The number of rotatable bonds is 5. The minimum atomic E-state index is -0.700. The third-order valence-corrected chi connectivity index (χ3v) is 2.98. The molecule has 0 spiro atoms. The van der Waals surface area contributed by atoms with Crippen molar-refractivity contribution in [2.45, 2.75) is 20.4 Å². The lowest BCUT2D eigenvalue weighted by atomic mass is 10.1. The molecule has 1 aromatic carbocycles. The zero-order valence-electron chi connectivity index (χ0n) is 13.0. The highest BCUT2D eigenvalue weighted by atomic mass is 32.1. The molecule has 1 heterocycles. The molecule has 126 valence electrons. The number of carbonyl (C=O) groups is 1. The quantitative estimate of drug-likeness (QED) is 0.470. The minimum absolute atomic E-state index is 0.0813. The molecule has 0 saturated heterocycles. The van der Waals surface area contributed by atoms with Crippen molar-refractivity contribution in [3.8, 4) is 0 Å². The highest BCUT2D eigenvalue weighted by molar-refractivity contribution is 7.80. The van der Waals surface area contributed by atoms with E-state index in [0.717, 1.165) is 0 Å². The van der Waals surface area contributed by atoms with Crippen molar-refractivity contribution in [2.75, 3.05) is 5.32 Å². The summed E-state index contributed by atoms with van der Waals surface area (Å²) in [5, 5.41) is 27.5. The number of nitrogens with one attached hydrogen (secondary N) is 2. The molecule has 1 amide bonds. The number of nitro groups is 1. The Labute approximate surface area is 142 Å². The normalized spacial score (nSPS) is 10.5. The molecule has 2 aromatic rings. The summed E-state index contributed by atoms with van der Waals surface area (Å²) < 4.78 is 0. The number of nitrogens with zero attached hydrogens (tertiary/aromatic N) is 5. The Kier molecular flexibility index (Phi) is 5.47. The standard InChI is InChI=1S/C13H15N7O3S/c1-8(2)7-19-17-12(16-18-19)15-13(24)14-11(21)9-5-3-4-6-10(9)20(22)23/h3-6,8H,7H2,1-2H3,(H2,14,15,17,21,24). The number of hydrogen-bond acceptors (Lipinski definition) is 7. The lowest BCUT2D eigenvalue weighted by Crippen LogP contribution is -2.34. The van der Waals surface area contributed by atoms with Gasteiger partial charge >= 0.3 is 0 Å². The molecule has 24 heavy (non-hydrogen) atoms. The van der Waals surface area contributed by atoms with Crippen molar-refractivity contribution in [1.29, 1.82) is 0 Å². The Hall–Kier alpha value is -2.95. The van der Waals surface area contributed by atoms with E-state index in [4.69, 9.17) is 12.2 Å². The molecule has 0 bridgehead atoms. The fourth-order valence-corrected chi connectivity index (χ4v) is 2.01. The van der Waals surface area contributed by atoms with Crippen molar-refractivity contribution in [1.82, 2.24) is 25.5 Å². The zero-order valence-corrected chi connectivity index (χ0v) is 13.8. The highest BCUT2D eigenvalue weighted by Crippen LogP contribution is 2.17. The van der Waals surface area contributed by atoms with Crippen LogP contribution in [0.15, 0.2) is 24.3 Å². The molecule has 0 atom stereocenters. The summed E-state index contributed by atoms with van der Waals surface area (Å²) in [5.41, 5.74) is -0.401. The lowest BCUT2D eigenvalue weighted by Gasteiger charge is -2.06. The molecule has 0 aliphatic heterocycles. The van der Waals surface area contributed by atoms with Gasteiger partial charge in [0, 0.05) is 6.07 Å². The van der Waals surface area contributed by atoms with Crippen LogP contribution in [0.2, 0.25) is 0 Å². The van der Waals surface area contributed by atoms with Crippen molar-refractivity contribution < 1.29 is 9.72 Å². The SMILES string of the molecule is CC(C)Cn1nnc(NC(=S)NC(=O)c2ccccc2[N+](=O)[O-])n1. The van der Waals surface area contributed by atoms with E-state index < -0.39 is 10.8 Å². The molecule has 0 aliphatic rings. The van der Waals surface area contributed by atoms with E-state index in [1.165, 1.54) is 29.1 Å². The maximum Gasteiger partial charge on any atom is 0.282 e. The Bertz CT molecular complexity index is 774. The molecule has 10 nitrogen and oxygen atoms in total. The minimum Gasteiger partial charge on any atom is -0.298 e. The maximum atomic E-state index is 12.1. The number of para-hydroxylation sites is 1. The number of hydrogen-bond donors (Lipinski definition) is 2. The van der Waals surface area contributed by atoms with Crippen LogP contribution in [0.1, 0.15) is 24.2 Å². The summed E-state index contributed by atoms with van der Waals surface area (Å²) in [5.74, 6) is -0.227.